The van der Waals surface area contributed by atoms with E-state index in [1.807, 2.05) is 0 Å². The van der Waals surface area contributed by atoms with Gasteiger partial charge in [0.1, 0.15) is 0 Å². The number of likely N-dealkylation sites (N-methyl/N-ethyl adjacent to an activating group) is 1. The zero-order valence-electron chi connectivity index (χ0n) is 10.7. The van der Waals surface area contributed by atoms with Crippen molar-refractivity contribution in [2.24, 2.45) is 0 Å². The second kappa shape index (κ2) is 4.92. The van der Waals surface area contributed by atoms with E-state index in [0.717, 1.165) is 39.4 Å². The van der Waals surface area contributed by atoms with Gasteiger partial charge in [0.05, 0.1) is 13.2 Å². The molecule has 0 N–H and O–H groups in total. The highest BCUT2D eigenvalue weighted by Crippen LogP contribution is 2.29. The molecule has 0 aromatic carbocycles. The fraction of sp³-hybridized carbons (Fsp3) is 0.714. The first-order valence-corrected chi connectivity index (χ1v) is 6.70. The Morgan fingerprint density at radius 2 is 2.00 bits per heavy atom. The van der Waals surface area contributed by atoms with Gasteiger partial charge in [0.2, 0.25) is 0 Å². The fourth-order valence-electron chi connectivity index (χ4n) is 3.07. The first kappa shape index (κ1) is 11.5. The normalized spacial score (nSPS) is 27.2. The summed E-state index contributed by atoms with van der Waals surface area (Å²) < 4.78 is 5.40. The van der Waals surface area contributed by atoms with Crippen molar-refractivity contribution in [3.05, 3.63) is 22.8 Å². The first-order valence-electron chi connectivity index (χ1n) is 6.70. The van der Waals surface area contributed by atoms with Gasteiger partial charge in [-0.25, -0.2) is 0 Å². The number of hydrogen-bond donors (Lipinski definition) is 0. The number of morpholine rings is 1. The molecule has 0 unspecified atom stereocenters. The van der Waals surface area contributed by atoms with Crippen molar-refractivity contribution in [3.8, 4) is 0 Å². The average molecular weight is 234 g/mol. The van der Waals surface area contributed by atoms with E-state index in [1.165, 1.54) is 19.4 Å². The van der Waals surface area contributed by atoms with Crippen LogP contribution in [-0.2, 0) is 4.74 Å². The van der Waals surface area contributed by atoms with Crippen LogP contribution in [0.3, 0.4) is 0 Å². The van der Waals surface area contributed by atoms with Crippen LogP contribution >= 0.6 is 0 Å². The molecule has 1 fully saturated rings. The first-order chi connectivity index (χ1) is 8.31. The number of ether oxygens (including phenoxy) is 1. The van der Waals surface area contributed by atoms with Crippen LogP contribution < -0.4 is 0 Å². The molecular weight excluding hydrogens is 212 g/mol. The molecule has 0 saturated carbocycles. The Kier molecular flexibility index (Phi) is 3.32. The smallest absolute Gasteiger partial charge is 0.0594 e. The van der Waals surface area contributed by atoms with Gasteiger partial charge in [-0.05, 0) is 25.5 Å². The number of nitrogens with zero attached hydrogens (tertiary/aromatic N) is 2. The van der Waals surface area contributed by atoms with Crippen LogP contribution in [0.1, 0.15) is 12.8 Å². The van der Waals surface area contributed by atoms with Crippen LogP contribution in [0.2, 0.25) is 0 Å². The molecular formula is C14H22N2O. The van der Waals surface area contributed by atoms with Gasteiger partial charge in [0.25, 0.3) is 0 Å². The second-order valence-electron chi connectivity index (χ2n) is 5.49. The molecule has 0 bridgehead atoms. The average Bonchev–Trinajstić information content (AvgIpc) is 2.70. The summed E-state index contributed by atoms with van der Waals surface area (Å²) in [6, 6.07) is 0. The third-order valence-corrected chi connectivity index (χ3v) is 4.01. The summed E-state index contributed by atoms with van der Waals surface area (Å²) in [5.74, 6) is 0. The minimum atomic E-state index is 0.907. The highest BCUT2D eigenvalue weighted by atomic mass is 16.5. The third kappa shape index (κ3) is 2.62. The topological polar surface area (TPSA) is 15.7 Å². The molecule has 3 aliphatic rings. The molecule has 3 nitrogen and oxygen atoms in total. The summed E-state index contributed by atoms with van der Waals surface area (Å²) >= 11 is 0. The van der Waals surface area contributed by atoms with Gasteiger partial charge in [-0.1, -0.05) is 17.2 Å². The van der Waals surface area contributed by atoms with E-state index in [0.29, 0.717) is 0 Å². The molecule has 17 heavy (non-hydrogen) atoms. The highest BCUT2D eigenvalue weighted by molar-refractivity contribution is 5.38. The van der Waals surface area contributed by atoms with Gasteiger partial charge in [-0.2, -0.15) is 0 Å². The Morgan fingerprint density at radius 3 is 2.82 bits per heavy atom. The van der Waals surface area contributed by atoms with Gasteiger partial charge < -0.3 is 4.74 Å². The molecule has 94 valence electrons. The van der Waals surface area contributed by atoms with Crippen LogP contribution in [0.4, 0.5) is 0 Å². The molecule has 0 atom stereocenters. The minimum Gasteiger partial charge on any atom is -0.379 e. The predicted octanol–water partition coefficient (Wildman–Crippen LogP) is 1.28. The molecule has 0 aromatic rings. The zero-order valence-corrected chi connectivity index (χ0v) is 10.7. The molecule has 2 heterocycles. The van der Waals surface area contributed by atoms with Gasteiger partial charge in [-0.15, -0.1) is 0 Å². The van der Waals surface area contributed by atoms with E-state index in [2.05, 4.69) is 22.9 Å². The molecule has 3 heteroatoms. The highest BCUT2D eigenvalue weighted by Gasteiger charge is 2.22. The summed E-state index contributed by atoms with van der Waals surface area (Å²) in [7, 11) is 2.22. The molecule has 2 aliphatic heterocycles. The van der Waals surface area contributed by atoms with Crippen molar-refractivity contribution in [2.75, 3.05) is 53.0 Å². The van der Waals surface area contributed by atoms with Crippen molar-refractivity contribution >= 4 is 0 Å². The van der Waals surface area contributed by atoms with E-state index >= 15 is 0 Å². The van der Waals surface area contributed by atoms with E-state index in [-0.39, 0.29) is 0 Å². The zero-order chi connectivity index (χ0) is 11.7. The van der Waals surface area contributed by atoms with E-state index in [4.69, 9.17) is 4.74 Å². The lowest BCUT2D eigenvalue weighted by molar-refractivity contribution is 0.0419. The summed E-state index contributed by atoms with van der Waals surface area (Å²) in [5, 5.41) is 0. The summed E-state index contributed by atoms with van der Waals surface area (Å²) in [4.78, 5) is 4.94. The van der Waals surface area contributed by atoms with Crippen molar-refractivity contribution < 1.29 is 4.74 Å². The maximum Gasteiger partial charge on any atom is 0.0594 e. The van der Waals surface area contributed by atoms with E-state index < -0.39 is 0 Å². The quantitative estimate of drug-likeness (QED) is 0.716. The van der Waals surface area contributed by atoms with Crippen LogP contribution in [0, 0.1) is 0 Å². The van der Waals surface area contributed by atoms with Gasteiger partial charge >= 0.3 is 0 Å². The van der Waals surface area contributed by atoms with E-state index in [9.17, 15) is 0 Å². The Labute approximate surface area is 104 Å². The Hall–Kier alpha value is -0.640. The van der Waals surface area contributed by atoms with Crippen LogP contribution in [-0.4, -0.2) is 62.8 Å². The minimum absolute atomic E-state index is 0.907. The van der Waals surface area contributed by atoms with Crippen LogP contribution in [0.25, 0.3) is 0 Å². The maximum absolute atomic E-state index is 5.40. The monoisotopic (exact) mass is 234 g/mol. The van der Waals surface area contributed by atoms with Crippen LogP contribution in [0.15, 0.2) is 22.8 Å². The third-order valence-electron chi connectivity index (χ3n) is 4.01. The summed E-state index contributed by atoms with van der Waals surface area (Å²) in [6.07, 6.45) is 5.03. The summed E-state index contributed by atoms with van der Waals surface area (Å²) in [5.41, 5.74) is 4.90. The molecule has 0 aromatic heterocycles. The van der Waals surface area contributed by atoms with Gasteiger partial charge in [-0.3, -0.25) is 9.80 Å². The lowest BCUT2D eigenvalue weighted by Crippen LogP contribution is -2.37. The van der Waals surface area contributed by atoms with Crippen molar-refractivity contribution in [2.45, 2.75) is 12.8 Å². The number of rotatable bonds is 2. The van der Waals surface area contributed by atoms with Crippen molar-refractivity contribution in [3.63, 3.8) is 0 Å². The lowest BCUT2D eigenvalue weighted by atomic mass is 9.94. The van der Waals surface area contributed by atoms with Crippen molar-refractivity contribution in [1.29, 1.82) is 0 Å². The molecule has 0 amide bonds. The molecule has 1 saturated heterocycles. The Bertz CT molecular complexity index is 353. The predicted molar refractivity (Wildman–Crippen MR) is 69.1 cm³/mol. The molecule has 3 rings (SSSR count). The largest absolute Gasteiger partial charge is 0.379 e. The Morgan fingerprint density at radius 1 is 1.18 bits per heavy atom. The summed E-state index contributed by atoms with van der Waals surface area (Å²) in [6.45, 7) is 7.52. The lowest BCUT2D eigenvalue weighted by Gasteiger charge is -2.28. The fourth-order valence-corrected chi connectivity index (χ4v) is 3.07. The van der Waals surface area contributed by atoms with Crippen LogP contribution in [0.5, 0.6) is 0 Å². The van der Waals surface area contributed by atoms with E-state index in [1.54, 1.807) is 16.7 Å². The molecule has 1 aliphatic carbocycles. The van der Waals surface area contributed by atoms with Gasteiger partial charge in [0.15, 0.2) is 0 Å². The Balaban J connectivity index is 1.62. The van der Waals surface area contributed by atoms with Gasteiger partial charge in [0, 0.05) is 32.7 Å². The van der Waals surface area contributed by atoms with Crippen molar-refractivity contribution in [1.82, 2.24) is 9.80 Å². The standard InChI is InChI=1S/C14H22N2O/c1-15-10-13-3-2-12(8-14(13)11-15)9-16-4-6-17-7-5-16/h8H,2-7,9-11H2,1H3. The molecule has 0 spiro atoms. The SMILES string of the molecule is CN1CC2=C(CCC(CN3CCOCC3)=C2)C1. The maximum atomic E-state index is 5.40. The number of hydrogen-bond acceptors (Lipinski definition) is 3. The molecule has 0 radical (unpaired) electrons. The second-order valence-corrected chi connectivity index (χ2v) is 5.49.